The average molecular weight is 537 g/mol. The van der Waals surface area contributed by atoms with Gasteiger partial charge in [-0.1, -0.05) is 60.1 Å². The lowest BCUT2D eigenvalue weighted by molar-refractivity contribution is -0.264. The van der Waals surface area contributed by atoms with Gasteiger partial charge in [0.15, 0.2) is 18.5 Å². The summed E-state index contributed by atoms with van der Waals surface area (Å²) in [6.45, 7) is 5.11. The number of alkyl halides is 3. The fraction of sp³-hybridized carbons (Fsp3) is 0.611. The number of nitrogens with one attached hydrogen (secondary N) is 1. The van der Waals surface area contributed by atoms with E-state index in [-0.39, 0.29) is 13.2 Å². The molecule has 1 aliphatic rings. The van der Waals surface area contributed by atoms with Crippen molar-refractivity contribution in [2.45, 2.75) is 34.4 Å². The average Bonchev–Trinajstić information content (AvgIpc) is 2.76. The molecule has 0 radical (unpaired) electrons. The second-order valence-electron chi connectivity index (χ2n) is 6.19. The van der Waals surface area contributed by atoms with Gasteiger partial charge in [-0.05, 0) is 0 Å². The van der Waals surface area contributed by atoms with Crippen LogP contribution in [0.2, 0.25) is 0 Å². The molecule has 0 spiro atoms. The molecule has 33 heavy (non-hydrogen) atoms. The monoisotopic (exact) mass is 535 g/mol. The second-order valence-corrected chi connectivity index (χ2v) is 8.70. The van der Waals surface area contributed by atoms with Crippen molar-refractivity contribution in [3.8, 4) is 0 Å². The van der Waals surface area contributed by atoms with Gasteiger partial charge in [0, 0.05) is 7.11 Å². The summed E-state index contributed by atoms with van der Waals surface area (Å²) < 4.78 is 33.6. The number of hydrogen-bond acceptors (Lipinski definition) is 11. The summed E-state index contributed by atoms with van der Waals surface area (Å²) in [5, 5.41) is 12.1. The Morgan fingerprint density at radius 3 is 2.03 bits per heavy atom. The largest absolute Gasteiger partial charge is 0.509 e. The first-order chi connectivity index (χ1) is 15.6. The smallest absolute Gasteiger partial charge is 0.445 e. The molecule has 12 nitrogen and oxygen atoms in total. The Labute approximate surface area is 204 Å². The molecular formula is C18H24Cl3NO11. The van der Waals surface area contributed by atoms with Crippen molar-refractivity contribution < 1.29 is 52.6 Å². The summed E-state index contributed by atoms with van der Waals surface area (Å²) in [7, 11) is 1.22. The van der Waals surface area contributed by atoms with Crippen LogP contribution in [0, 0.1) is 0 Å². The third kappa shape index (κ3) is 10.2. The van der Waals surface area contributed by atoms with Crippen molar-refractivity contribution >= 4 is 53.2 Å². The summed E-state index contributed by atoms with van der Waals surface area (Å²) in [6, 6.07) is -1.34. The number of halogens is 3. The van der Waals surface area contributed by atoms with Crippen LogP contribution >= 0.6 is 34.8 Å². The van der Waals surface area contributed by atoms with E-state index >= 15 is 0 Å². The highest BCUT2D eigenvalue weighted by Gasteiger charge is 2.52. The SMILES string of the molecule is C=CCOC(=O)O[C@@H]1[C@@H](NC(=O)OCC(Cl)(Cl)Cl)[C@@H](OC)O[C@H](CO)[C@H]1OC(=O)OCC=C. The summed E-state index contributed by atoms with van der Waals surface area (Å²) in [6.07, 6.45) is -6.48. The molecule has 1 amide bonds. The molecule has 15 heteroatoms. The molecule has 0 bridgehead atoms. The molecule has 0 saturated carbocycles. The quantitative estimate of drug-likeness (QED) is 0.183. The van der Waals surface area contributed by atoms with E-state index < -0.39 is 66.1 Å². The van der Waals surface area contributed by atoms with Gasteiger partial charge in [-0.2, -0.15) is 0 Å². The molecule has 0 aromatic rings. The Kier molecular flexibility index (Phi) is 12.6. The highest BCUT2D eigenvalue weighted by Crippen LogP contribution is 2.28. The van der Waals surface area contributed by atoms with Gasteiger partial charge in [0.25, 0.3) is 0 Å². The van der Waals surface area contributed by atoms with E-state index in [1.54, 1.807) is 0 Å². The highest BCUT2D eigenvalue weighted by molar-refractivity contribution is 6.67. The van der Waals surface area contributed by atoms with Crippen molar-refractivity contribution in [2.75, 3.05) is 33.5 Å². The zero-order valence-electron chi connectivity index (χ0n) is 17.4. The topological polar surface area (TPSA) is 148 Å². The first-order valence-corrected chi connectivity index (χ1v) is 10.4. The first-order valence-electron chi connectivity index (χ1n) is 9.24. The number of alkyl carbamates (subject to hydrolysis) is 1. The normalized spacial score (nSPS) is 24.7. The van der Waals surface area contributed by atoms with E-state index in [0.29, 0.717) is 0 Å². The number of methoxy groups -OCH3 is 1. The van der Waals surface area contributed by atoms with Crippen LogP contribution < -0.4 is 5.32 Å². The van der Waals surface area contributed by atoms with Crippen LogP contribution in [-0.2, 0) is 33.2 Å². The minimum atomic E-state index is -1.89. The van der Waals surface area contributed by atoms with Crippen LogP contribution in [0.15, 0.2) is 25.3 Å². The Hall–Kier alpha value is -1.96. The van der Waals surface area contributed by atoms with Crippen LogP contribution in [0.3, 0.4) is 0 Å². The van der Waals surface area contributed by atoms with E-state index in [4.69, 9.17) is 68.0 Å². The highest BCUT2D eigenvalue weighted by atomic mass is 35.6. The summed E-state index contributed by atoms with van der Waals surface area (Å²) in [5.41, 5.74) is 0. The third-order valence-electron chi connectivity index (χ3n) is 3.81. The number of carbonyl (C=O) groups is 3. The summed E-state index contributed by atoms with van der Waals surface area (Å²) in [5.74, 6) is 0. The van der Waals surface area contributed by atoms with Gasteiger partial charge in [-0.3, -0.25) is 0 Å². The van der Waals surface area contributed by atoms with E-state index in [9.17, 15) is 19.5 Å². The molecular weight excluding hydrogens is 513 g/mol. The third-order valence-corrected chi connectivity index (χ3v) is 4.14. The molecule has 188 valence electrons. The second kappa shape index (κ2) is 14.3. The van der Waals surface area contributed by atoms with Crippen molar-refractivity contribution in [2.24, 2.45) is 0 Å². The minimum Gasteiger partial charge on any atom is -0.445 e. The number of aliphatic hydroxyl groups excluding tert-OH is 1. The Morgan fingerprint density at radius 1 is 1.03 bits per heavy atom. The van der Waals surface area contributed by atoms with Crippen LogP contribution in [0.4, 0.5) is 14.4 Å². The van der Waals surface area contributed by atoms with E-state index in [2.05, 4.69) is 18.5 Å². The fourth-order valence-corrected chi connectivity index (χ4v) is 2.72. The Balaban J connectivity index is 3.18. The number of rotatable bonds is 10. The van der Waals surface area contributed by atoms with Gasteiger partial charge >= 0.3 is 18.4 Å². The van der Waals surface area contributed by atoms with Gasteiger partial charge in [0.1, 0.15) is 32.0 Å². The first kappa shape index (κ1) is 29.1. The van der Waals surface area contributed by atoms with Crippen molar-refractivity contribution in [1.29, 1.82) is 0 Å². The molecule has 0 unspecified atom stereocenters. The molecule has 1 heterocycles. The van der Waals surface area contributed by atoms with Gasteiger partial charge in [0.05, 0.1) is 6.61 Å². The maximum Gasteiger partial charge on any atom is 0.509 e. The van der Waals surface area contributed by atoms with E-state index in [1.165, 1.54) is 19.3 Å². The lowest BCUT2D eigenvalue weighted by atomic mass is 9.96. The fourth-order valence-electron chi connectivity index (χ4n) is 2.56. The van der Waals surface area contributed by atoms with Gasteiger partial charge < -0.3 is 43.6 Å². The predicted molar refractivity (Wildman–Crippen MR) is 114 cm³/mol. The van der Waals surface area contributed by atoms with Gasteiger partial charge in [0.2, 0.25) is 3.79 Å². The number of hydrogen-bond donors (Lipinski definition) is 2. The van der Waals surface area contributed by atoms with Crippen LogP contribution in [0.25, 0.3) is 0 Å². The maximum absolute atomic E-state index is 12.2. The molecule has 2 N–H and O–H groups in total. The number of aliphatic hydroxyl groups is 1. The standard InChI is InChI=1S/C18H24Cl3NO11/c1-4-6-28-16(25)32-12-10(8-23)31-14(27-3)11(13(12)33-17(26)29-7-5-2)22-15(24)30-9-18(19,20)21/h4-5,10-14,23H,1-2,6-9H2,3H3,(H,22,24)/t10-,11-,12-,13-,14+/m1/s1. The molecule has 0 aromatic carbocycles. The maximum atomic E-state index is 12.2. The Bertz CT molecular complexity index is 688. The van der Waals surface area contributed by atoms with Crippen LogP contribution in [0.1, 0.15) is 0 Å². The van der Waals surface area contributed by atoms with Crippen LogP contribution in [-0.4, -0.2) is 91.5 Å². The van der Waals surface area contributed by atoms with E-state index in [0.717, 1.165) is 0 Å². The zero-order chi connectivity index (χ0) is 25.0. The lowest BCUT2D eigenvalue weighted by Crippen LogP contribution is -2.66. The van der Waals surface area contributed by atoms with Crippen molar-refractivity contribution in [3.05, 3.63) is 25.3 Å². The minimum absolute atomic E-state index is 0.186. The zero-order valence-corrected chi connectivity index (χ0v) is 19.7. The van der Waals surface area contributed by atoms with Crippen LogP contribution in [0.5, 0.6) is 0 Å². The van der Waals surface area contributed by atoms with Crippen molar-refractivity contribution in [3.63, 3.8) is 0 Å². The predicted octanol–water partition coefficient (Wildman–Crippen LogP) is 2.23. The molecule has 5 atom stereocenters. The summed E-state index contributed by atoms with van der Waals surface area (Å²) in [4.78, 5) is 36.4. The molecule has 1 fully saturated rings. The summed E-state index contributed by atoms with van der Waals surface area (Å²) >= 11 is 16.7. The number of carbonyl (C=O) groups excluding carboxylic acids is 3. The number of amides is 1. The molecule has 1 saturated heterocycles. The van der Waals surface area contributed by atoms with E-state index in [1.807, 2.05) is 0 Å². The molecule has 1 aliphatic heterocycles. The van der Waals surface area contributed by atoms with Gasteiger partial charge in [-0.25, -0.2) is 14.4 Å². The van der Waals surface area contributed by atoms with Gasteiger partial charge in [-0.15, -0.1) is 0 Å². The molecule has 0 aromatic heterocycles. The lowest BCUT2D eigenvalue weighted by Gasteiger charge is -2.43. The Morgan fingerprint density at radius 2 is 1.58 bits per heavy atom. The number of ether oxygens (including phenoxy) is 7. The molecule has 0 aliphatic carbocycles. The molecule has 1 rings (SSSR count). The van der Waals surface area contributed by atoms with Crippen molar-refractivity contribution in [1.82, 2.24) is 5.32 Å².